The molecule has 0 radical (unpaired) electrons. The quantitative estimate of drug-likeness (QED) is 0.783. The fourth-order valence-corrected chi connectivity index (χ4v) is 6.98. The predicted octanol–water partition coefficient (Wildman–Crippen LogP) is 3.54. The topological polar surface area (TPSA) is 57.7 Å². The molecule has 144 valence electrons. The van der Waals surface area contributed by atoms with Gasteiger partial charge in [-0.2, -0.15) is 4.31 Å². The molecule has 0 N–H and O–H groups in total. The molecule has 2 aliphatic heterocycles. The molecular weight excluding hydrogens is 380 g/mol. The number of thiophene rings is 1. The molecule has 1 atom stereocenters. The van der Waals surface area contributed by atoms with Crippen LogP contribution >= 0.6 is 11.3 Å². The van der Waals surface area contributed by atoms with Gasteiger partial charge in [-0.3, -0.25) is 4.79 Å². The fourth-order valence-electron chi connectivity index (χ4n) is 4.22. The Hall–Kier alpha value is -1.70. The van der Waals surface area contributed by atoms with Crippen LogP contribution in [0.5, 0.6) is 0 Å². The minimum atomic E-state index is -3.54. The Balaban J connectivity index is 1.73. The largest absolute Gasteiger partial charge is 0.336 e. The molecule has 7 heteroatoms. The molecule has 1 aromatic heterocycles. The summed E-state index contributed by atoms with van der Waals surface area (Å²) < 4.78 is 28.2. The van der Waals surface area contributed by atoms with Crippen LogP contribution in [0.2, 0.25) is 0 Å². The number of carbonyl (C=O) groups excluding carboxylic acids is 1. The Bertz CT molecular complexity index is 953. The summed E-state index contributed by atoms with van der Waals surface area (Å²) in [6.07, 6.45) is 1.44. The molecule has 0 bridgehead atoms. The monoisotopic (exact) mass is 404 g/mol. The molecule has 0 saturated carbocycles. The molecule has 0 unspecified atom stereocenters. The number of hydrogen-bond acceptors (Lipinski definition) is 4. The molecule has 1 spiro atoms. The van der Waals surface area contributed by atoms with E-state index in [0.29, 0.717) is 41.7 Å². The highest BCUT2D eigenvalue weighted by atomic mass is 32.2. The summed E-state index contributed by atoms with van der Waals surface area (Å²) in [5.74, 6) is 0.402. The Morgan fingerprint density at radius 2 is 2.00 bits per heavy atom. The lowest BCUT2D eigenvalue weighted by Gasteiger charge is -2.34. The lowest BCUT2D eigenvalue weighted by molar-refractivity contribution is 0.0768. The first-order chi connectivity index (χ1) is 12.9. The summed E-state index contributed by atoms with van der Waals surface area (Å²) >= 11 is 1.43. The highest BCUT2D eigenvalue weighted by Gasteiger charge is 2.57. The molecule has 3 heterocycles. The van der Waals surface area contributed by atoms with Crippen molar-refractivity contribution in [2.45, 2.75) is 37.1 Å². The molecule has 4 rings (SSSR count). The van der Waals surface area contributed by atoms with Crippen LogP contribution < -0.4 is 0 Å². The van der Waals surface area contributed by atoms with Gasteiger partial charge in [-0.25, -0.2) is 8.42 Å². The van der Waals surface area contributed by atoms with Gasteiger partial charge in [0.1, 0.15) is 0 Å². The Kier molecular flexibility index (Phi) is 4.64. The van der Waals surface area contributed by atoms with Gasteiger partial charge < -0.3 is 4.90 Å². The smallest absolute Gasteiger partial charge is 0.263 e. The Morgan fingerprint density at radius 3 is 2.70 bits per heavy atom. The first-order valence-electron chi connectivity index (χ1n) is 9.31. The first kappa shape index (κ1) is 18.7. The maximum absolute atomic E-state index is 13.3. The highest BCUT2D eigenvalue weighted by molar-refractivity contribution is 7.89. The molecule has 0 aliphatic carbocycles. The number of benzene rings is 1. The van der Waals surface area contributed by atoms with E-state index in [4.69, 9.17) is 0 Å². The third-order valence-electron chi connectivity index (χ3n) is 5.61. The number of hydrogen-bond donors (Lipinski definition) is 0. The van der Waals surface area contributed by atoms with Crippen LogP contribution in [0, 0.1) is 5.92 Å². The SMILES string of the molecule is CC(C)CCN1[C@@]2(CCN(C(=O)c3cccs3)C2)c2ccccc2S1(=O)=O. The van der Waals surface area contributed by atoms with Gasteiger partial charge in [-0.15, -0.1) is 11.3 Å². The van der Waals surface area contributed by atoms with Crippen LogP contribution in [0.3, 0.4) is 0 Å². The summed E-state index contributed by atoms with van der Waals surface area (Å²) in [6.45, 7) is 5.67. The van der Waals surface area contributed by atoms with E-state index < -0.39 is 15.6 Å². The fraction of sp³-hybridized carbons (Fsp3) is 0.450. The maximum Gasteiger partial charge on any atom is 0.263 e. The van der Waals surface area contributed by atoms with E-state index in [1.54, 1.807) is 16.4 Å². The van der Waals surface area contributed by atoms with Gasteiger partial charge in [0.2, 0.25) is 10.0 Å². The summed E-state index contributed by atoms with van der Waals surface area (Å²) in [5, 5.41) is 1.89. The standard InChI is InChI=1S/C20H24N2O3S2/c1-15(2)9-11-22-20(16-6-3-4-8-18(16)27(22,24)25)10-12-21(14-20)19(23)17-7-5-13-26-17/h3-8,13,15H,9-12,14H2,1-2H3/t20-/m1/s1. The normalized spacial score (nSPS) is 24.0. The van der Waals surface area contributed by atoms with Crippen molar-refractivity contribution >= 4 is 27.3 Å². The zero-order valence-electron chi connectivity index (χ0n) is 15.6. The van der Waals surface area contributed by atoms with Crippen molar-refractivity contribution in [3.05, 3.63) is 52.2 Å². The predicted molar refractivity (Wildman–Crippen MR) is 106 cm³/mol. The summed E-state index contributed by atoms with van der Waals surface area (Å²) in [5.41, 5.74) is 0.201. The molecule has 2 aromatic rings. The molecule has 5 nitrogen and oxygen atoms in total. The average Bonchev–Trinajstić information content (AvgIpc) is 3.34. The van der Waals surface area contributed by atoms with Crippen LogP contribution in [0.4, 0.5) is 0 Å². The second-order valence-corrected chi connectivity index (χ2v) is 10.5. The second kappa shape index (κ2) is 6.72. The van der Waals surface area contributed by atoms with Crippen molar-refractivity contribution in [3.8, 4) is 0 Å². The number of likely N-dealkylation sites (tertiary alicyclic amines) is 1. The minimum Gasteiger partial charge on any atom is -0.336 e. The van der Waals surface area contributed by atoms with E-state index in [1.165, 1.54) is 11.3 Å². The number of rotatable bonds is 4. The third kappa shape index (κ3) is 2.92. The van der Waals surface area contributed by atoms with Crippen molar-refractivity contribution in [2.75, 3.05) is 19.6 Å². The van der Waals surface area contributed by atoms with E-state index >= 15 is 0 Å². The van der Waals surface area contributed by atoms with Gasteiger partial charge in [0.05, 0.1) is 15.3 Å². The van der Waals surface area contributed by atoms with E-state index in [1.807, 2.05) is 34.5 Å². The molecule has 1 aromatic carbocycles. The van der Waals surface area contributed by atoms with Crippen LogP contribution in [-0.2, 0) is 15.6 Å². The van der Waals surface area contributed by atoms with Crippen LogP contribution in [0.1, 0.15) is 41.9 Å². The number of amides is 1. The highest BCUT2D eigenvalue weighted by Crippen LogP contribution is 2.49. The molecule has 1 fully saturated rings. The number of nitrogens with zero attached hydrogens (tertiary/aromatic N) is 2. The Labute approximate surface area is 164 Å². The molecule has 1 amide bonds. The van der Waals surface area contributed by atoms with E-state index in [-0.39, 0.29) is 5.91 Å². The number of sulfonamides is 1. The zero-order valence-corrected chi connectivity index (χ0v) is 17.2. The second-order valence-electron chi connectivity index (χ2n) is 7.74. The maximum atomic E-state index is 13.3. The van der Waals surface area contributed by atoms with Crippen molar-refractivity contribution in [3.63, 3.8) is 0 Å². The van der Waals surface area contributed by atoms with Gasteiger partial charge >= 0.3 is 0 Å². The lowest BCUT2D eigenvalue weighted by Crippen LogP contribution is -2.47. The van der Waals surface area contributed by atoms with Crippen LogP contribution in [0.25, 0.3) is 0 Å². The Morgan fingerprint density at radius 1 is 1.22 bits per heavy atom. The number of carbonyl (C=O) groups is 1. The minimum absolute atomic E-state index is 0.00698. The van der Waals surface area contributed by atoms with Gasteiger partial charge in [-0.1, -0.05) is 38.1 Å². The van der Waals surface area contributed by atoms with Crippen LogP contribution in [0.15, 0.2) is 46.7 Å². The summed E-state index contributed by atoms with van der Waals surface area (Å²) in [7, 11) is -3.54. The summed E-state index contributed by atoms with van der Waals surface area (Å²) in [4.78, 5) is 15.8. The van der Waals surface area contributed by atoms with Crippen molar-refractivity contribution in [2.24, 2.45) is 5.92 Å². The van der Waals surface area contributed by atoms with E-state index in [2.05, 4.69) is 13.8 Å². The van der Waals surface area contributed by atoms with E-state index in [9.17, 15) is 13.2 Å². The van der Waals surface area contributed by atoms with Crippen molar-refractivity contribution in [1.82, 2.24) is 9.21 Å². The first-order valence-corrected chi connectivity index (χ1v) is 11.6. The third-order valence-corrected chi connectivity index (χ3v) is 8.49. The van der Waals surface area contributed by atoms with Gasteiger partial charge in [0.25, 0.3) is 5.91 Å². The molecule has 1 saturated heterocycles. The molecule has 2 aliphatic rings. The zero-order chi connectivity index (χ0) is 19.2. The lowest BCUT2D eigenvalue weighted by atomic mass is 9.88. The number of fused-ring (bicyclic) bond motifs is 2. The van der Waals surface area contributed by atoms with E-state index in [0.717, 1.165) is 12.0 Å². The molecular formula is C20H24N2O3S2. The van der Waals surface area contributed by atoms with Crippen molar-refractivity contribution in [1.29, 1.82) is 0 Å². The van der Waals surface area contributed by atoms with Gasteiger partial charge in [0, 0.05) is 19.6 Å². The van der Waals surface area contributed by atoms with Gasteiger partial charge in [-0.05, 0) is 41.8 Å². The van der Waals surface area contributed by atoms with Crippen LogP contribution in [-0.4, -0.2) is 43.2 Å². The summed E-state index contributed by atoms with van der Waals surface area (Å²) in [6, 6.07) is 11.0. The van der Waals surface area contributed by atoms with Crippen molar-refractivity contribution < 1.29 is 13.2 Å². The van der Waals surface area contributed by atoms with Gasteiger partial charge in [0.15, 0.2) is 0 Å². The molecule has 27 heavy (non-hydrogen) atoms. The average molecular weight is 405 g/mol.